The summed E-state index contributed by atoms with van der Waals surface area (Å²) in [6.45, 7) is 6.69. The first-order valence-corrected chi connectivity index (χ1v) is 8.32. The molecule has 0 spiro atoms. The Balaban J connectivity index is 1.66. The van der Waals surface area contributed by atoms with E-state index in [0.29, 0.717) is 0 Å². The predicted molar refractivity (Wildman–Crippen MR) is 81.9 cm³/mol. The second-order valence-electron chi connectivity index (χ2n) is 6.61. The van der Waals surface area contributed by atoms with Gasteiger partial charge < -0.3 is 5.32 Å². The fourth-order valence-electron chi connectivity index (χ4n) is 3.25. The molecule has 1 atom stereocenters. The van der Waals surface area contributed by atoms with E-state index in [1.807, 2.05) is 0 Å². The molecule has 1 saturated carbocycles. The van der Waals surface area contributed by atoms with E-state index >= 15 is 0 Å². The summed E-state index contributed by atoms with van der Waals surface area (Å²) in [7, 11) is 0. The van der Waals surface area contributed by atoms with Gasteiger partial charge in [0, 0.05) is 17.8 Å². The Labute approximate surface area is 122 Å². The summed E-state index contributed by atoms with van der Waals surface area (Å²) >= 11 is 0. The highest BCUT2D eigenvalue weighted by Crippen LogP contribution is 2.33. The molecule has 110 valence electrons. The van der Waals surface area contributed by atoms with Gasteiger partial charge in [0.15, 0.2) is 0 Å². The van der Waals surface area contributed by atoms with E-state index in [2.05, 4.69) is 19.2 Å². The first kappa shape index (κ1) is 14.0. The van der Waals surface area contributed by atoms with Gasteiger partial charge in [-0.2, -0.15) is 0 Å². The van der Waals surface area contributed by atoms with Crippen LogP contribution in [-0.2, 0) is 19.3 Å². The van der Waals surface area contributed by atoms with Gasteiger partial charge in [0.05, 0.1) is 0 Å². The van der Waals surface area contributed by atoms with Gasteiger partial charge in [-0.25, -0.2) is 9.97 Å². The first-order valence-electron chi connectivity index (χ1n) is 8.32. The van der Waals surface area contributed by atoms with Gasteiger partial charge in [0.2, 0.25) is 0 Å². The Bertz CT molecular complexity index is 466. The van der Waals surface area contributed by atoms with Crippen molar-refractivity contribution in [1.82, 2.24) is 15.3 Å². The van der Waals surface area contributed by atoms with E-state index in [9.17, 15) is 0 Å². The molecule has 20 heavy (non-hydrogen) atoms. The van der Waals surface area contributed by atoms with Gasteiger partial charge in [-0.05, 0) is 75.9 Å². The summed E-state index contributed by atoms with van der Waals surface area (Å²) in [6.07, 6.45) is 8.68. The first-order chi connectivity index (χ1) is 9.76. The van der Waals surface area contributed by atoms with Crippen LogP contribution in [0.1, 0.15) is 55.4 Å². The lowest BCUT2D eigenvalue weighted by molar-refractivity contribution is 0.417. The number of nitrogens with zero attached hydrogens (tertiary/aromatic N) is 2. The summed E-state index contributed by atoms with van der Waals surface area (Å²) in [5.74, 6) is 2.75. The van der Waals surface area contributed by atoms with Crippen LogP contribution in [0.2, 0.25) is 0 Å². The van der Waals surface area contributed by atoms with Gasteiger partial charge in [-0.15, -0.1) is 0 Å². The smallest absolute Gasteiger partial charge is 0.129 e. The van der Waals surface area contributed by atoms with Crippen LogP contribution in [0.25, 0.3) is 0 Å². The van der Waals surface area contributed by atoms with Crippen LogP contribution in [0.4, 0.5) is 0 Å². The van der Waals surface area contributed by atoms with Crippen molar-refractivity contribution >= 4 is 0 Å². The summed E-state index contributed by atoms with van der Waals surface area (Å²) < 4.78 is 0. The van der Waals surface area contributed by atoms with Gasteiger partial charge in [-0.3, -0.25) is 0 Å². The largest absolute Gasteiger partial charge is 0.316 e. The molecule has 3 rings (SSSR count). The summed E-state index contributed by atoms with van der Waals surface area (Å²) in [6, 6.07) is 0. The van der Waals surface area contributed by atoms with Crippen molar-refractivity contribution in [2.75, 3.05) is 13.1 Å². The zero-order valence-electron chi connectivity index (χ0n) is 12.9. The fourth-order valence-corrected chi connectivity index (χ4v) is 3.25. The molecule has 0 bridgehead atoms. The Hall–Kier alpha value is -0.960. The molecule has 3 heteroatoms. The molecule has 1 aromatic heterocycles. The standard InChI is InChI=1S/C17H27N3/c1-3-8-18-11-14-6-7-16-15(9-14)12(2)19-17(20-16)10-13-4-5-13/h13-14,18H,3-11H2,1-2H3. The maximum Gasteiger partial charge on any atom is 0.129 e. The third-order valence-electron chi connectivity index (χ3n) is 4.66. The quantitative estimate of drug-likeness (QED) is 0.810. The highest BCUT2D eigenvalue weighted by molar-refractivity contribution is 5.28. The monoisotopic (exact) mass is 273 g/mol. The number of aryl methyl sites for hydroxylation is 2. The van der Waals surface area contributed by atoms with E-state index in [0.717, 1.165) is 43.6 Å². The molecule has 0 amide bonds. The van der Waals surface area contributed by atoms with Crippen molar-refractivity contribution in [3.05, 3.63) is 22.8 Å². The van der Waals surface area contributed by atoms with Gasteiger partial charge in [-0.1, -0.05) is 6.92 Å². The Kier molecular flexibility index (Phi) is 4.35. The van der Waals surface area contributed by atoms with E-state index in [1.54, 1.807) is 0 Å². The highest BCUT2D eigenvalue weighted by Gasteiger charge is 2.26. The van der Waals surface area contributed by atoms with Crippen LogP contribution in [0.5, 0.6) is 0 Å². The van der Waals surface area contributed by atoms with Crippen molar-refractivity contribution in [2.45, 2.75) is 58.8 Å². The third kappa shape index (κ3) is 3.38. The number of rotatable bonds is 6. The molecule has 2 aliphatic carbocycles. The Morgan fingerprint density at radius 3 is 2.75 bits per heavy atom. The molecule has 1 fully saturated rings. The minimum atomic E-state index is 0.769. The lowest BCUT2D eigenvalue weighted by Gasteiger charge is -2.25. The van der Waals surface area contributed by atoms with Crippen LogP contribution >= 0.6 is 0 Å². The zero-order valence-corrected chi connectivity index (χ0v) is 12.9. The number of fused-ring (bicyclic) bond motifs is 1. The Morgan fingerprint density at radius 1 is 1.15 bits per heavy atom. The SMILES string of the molecule is CCCNCC1CCc2nc(CC3CC3)nc(C)c2C1. The summed E-state index contributed by atoms with van der Waals surface area (Å²) in [5, 5.41) is 3.56. The van der Waals surface area contributed by atoms with Crippen LogP contribution in [0, 0.1) is 18.8 Å². The second kappa shape index (κ2) is 6.21. The third-order valence-corrected chi connectivity index (χ3v) is 4.66. The minimum Gasteiger partial charge on any atom is -0.316 e. The van der Waals surface area contributed by atoms with Crippen LogP contribution < -0.4 is 5.32 Å². The number of hydrogen-bond acceptors (Lipinski definition) is 3. The van der Waals surface area contributed by atoms with Crippen LogP contribution in [-0.4, -0.2) is 23.1 Å². The normalized spacial score (nSPS) is 21.8. The molecule has 0 radical (unpaired) electrons. The molecule has 1 unspecified atom stereocenters. The maximum atomic E-state index is 4.85. The highest BCUT2D eigenvalue weighted by atomic mass is 14.9. The molecule has 0 aliphatic heterocycles. The predicted octanol–water partition coefficient (Wildman–Crippen LogP) is 2.84. The molecule has 1 aromatic rings. The minimum absolute atomic E-state index is 0.769. The number of nitrogens with one attached hydrogen (secondary N) is 1. The molecule has 2 aliphatic rings. The Morgan fingerprint density at radius 2 is 2.00 bits per heavy atom. The van der Waals surface area contributed by atoms with Crippen LogP contribution in [0.15, 0.2) is 0 Å². The van der Waals surface area contributed by atoms with Crippen LogP contribution in [0.3, 0.4) is 0 Å². The topological polar surface area (TPSA) is 37.8 Å². The van der Waals surface area contributed by atoms with Crippen molar-refractivity contribution in [3.8, 4) is 0 Å². The summed E-state index contributed by atoms with van der Waals surface area (Å²) in [5.41, 5.74) is 4.03. The van der Waals surface area contributed by atoms with E-state index < -0.39 is 0 Å². The lowest BCUT2D eigenvalue weighted by Crippen LogP contribution is -2.29. The molecule has 0 aromatic carbocycles. The van der Waals surface area contributed by atoms with Gasteiger partial charge in [0.25, 0.3) is 0 Å². The van der Waals surface area contributed by atoms with E-state index in [4.69, 9.17) is 9.97 Å². The average Bonchev–Trinajstić information content (AvgIpc) is 3.24. The van der Waals surface area contributed by atoms with Gasteiger partial charge >= 0.3 is 0 Å². The molecule has 1 N–H and O–H groups in total. The van der Waals surface area contributed by atoms with Crippen molar-refractivity contribution < 1.29 is 0 Å². The van der Waals surface area contributed by atoms with Crippen molar-refractivity contribution in [2.24, 2.45) is 11.8 Å². The lowest BCUT2D eigenvalue weighted by atomic mass is 9.85. The van der Waals surface area contributed by atoms with E-state index in [-0.39, 0.29) is 0 Å². The molecular weight excluding hydrogens is 246 g/mol. The average molecular weight is 273 g/mol. The molecule has 3 nitrogen and oxygen atoms in total. The number of hydrogen-bond donors (Lipinski definition) is 1. The molecular formula is C17H27N3. The maximum absolute atomic E-state index is 4.85. The van der Waals surface area contributed by atoms with Crippen molar-refractivity contribution in [3.63, 3.8) is 0 Å². The van der Waals surface area contributed by atoms with E-state index in [1.165, 1.54) is 49.1 Å². The second-order valence-corrected chi connectivity index (χ2v) is 6.61. The fraction of sp³-hybridized carbons (Fsp3) is 0.765. The number of aromatic nitrogens is 2. The molecule has 1 heterocycles. The summed E-state index contributed by atoms with van der Waals surface area (Å²) in [4.78, 5) is 9.62. The molecule has 0 saturated heterocycles. The zero-order chi connectivity index (χ0) is 13.9. The van der Waals surface area contributed by atoms with Gasteiger partial charge in [0.1, 0.15) is 5.82 Å². The van der Waals surface area contributed by atoms with Crippen molar-refractivity contribution in [1.29, 1.82) is 0 Å².